The molecular weight excluding hydrogens is 328 g/mol. The van der Waals surface area contributed by atoms with E-state index < -0.39 is 11.3 Å². The maximum Gasteiger partial charge on any atom is 0.321 e. The fourth-order valence-electron chi connectivity index (χ4n) is 3.00. The fraction of sp³-hybridized carbons (Fsp3) is 0.667. The molecule has 0 aromatic heterocycles. The molecule has 0 aromatic rings. The number of halogens is 2. The molecule has 2 nitrogen and oxygen atoms in total. The minimum Gasteiger partial charge on any atom is -0.480 e. The summed E-state index contributed by atoms with van der Waals surface area (Å²) >= 11 is 9.68. The first-order valence-electron chi connectivity index (χ1n) is 6.95. The highest BCUT2D eigenvalue weighted by molar-refractivity contribution is 9.10. The predicted molar refractivity (Wildman–Crippen MR) is 82.0 cm³/mol. The van der Waals surface area contributed by atoms with Gasteiger partial charge >= 0.3 is 5.97 Å². The first-order chi connectivity index (χ1) is 9.01. The quantitative estimate of drug-likeness (QED) is 0.750. The lowest BCUT2D eigenvalue weighted by Gasteiger charge is -2.37. The zero-order valence-corrected chi connectivity index (χ0v) is 13.3. The van der Waals surface area contributed by atoms with E-state index in [1.165, 1.54) is 32.1 Å². The molecule has 0 bridgehead atoms. The second-order valence-electron chi connectivity index (χ2n) is 5.59. The molecule has 1 fully saturated rings. The van der Waals surface area contributed by atoms with Crippen LogP contribution in [0.5, 0.6) is 0 Å². The van der Waals surface area contributed by atoms with Gasteiger partial charge in [0.1, 0.15) is 5.38 Å². The van der Waals surface area contributed by atoms with Crippen molar-refractivity contribution in [1.82, 2.24) is 0 Å². The molecule has 2 aliphatic rings. The smallest absolute Gasteiger partial charge is 0.321 e. The van der Waals surface area contributed by atoms with Gasteiger partial charge in [-0.2, -0.15) is 0 Å². The van der Waals surface area contributed by atoms with Crippen LogP contribution in [0.4, 0.5) is 0 Å². The summed E-state index contributed by atoms with van der Waals surface area (Å²) in [4.78, 5) is 10.8. The number of allylic oxidation sites excluding steroid dienone is 4. The van der Waals surface area contributed by atoms with E-state index in [9.17, 15) is 4.79 Å². The Labute approximate surface area is 128 Å². The van der Waals surface area contributed by atoms with Gasteiger partial charge in [0.15, 0.2) is 0 Å². The van der Waals surface area contributed by atoms with E-state index in [-0.39, 0.29) is 4.32 Å². The summed E-state index contributed by atoms with van der Waals surface area (Å²) in [6.45, 7) is 0. The minimum absolute atomic E-state index is 0.0714. The second-order valence-corrected chi connectivity index (χ2v) is 7.59. The number of hydrogen-bond donors (Lipinski definition) is 1. The summed E-state index contributed by atoms with van der Waals surface area (Å²) in [5, 5.41) is 8.00. The summed E-state index contributed by atoms with van der Waals surface area (Å²) in [5.74, 6) is -0.250. The number of carboxylic acids is 1. The Hall–Kier alpha value is -0.280. The molecule has 0 aliphatic heterocycles. The van der Waals surface area contributed by atoms with Crippen LogP contribution in [-0.2, 0) is 4.79 Å². The van der Waals surface area contributed by atoms with Gasteiger partial charge in [-0.3, -0.25) is 4.79 Å². The van der Waals surface area contributed by atoms with E-state index in [0.29, 0.717) is 12.3 Å². The van der Waals surface area contributed by atoms with E-state index in [2.05, 4.69) is 28.1 Å². The summed E-state index contributed by atoms with van der Waals surface area (Å²) in [6, 6.07) is 0. The molecule has 1 N–H and O–H groups in total. The molecule has 2 atom stereocenters. The Kier molecular flexibility index (Phi) is 5.13. The van der Waals surface area contributed by atoms with Crippen LogP contribution in [0.1, 0.15) is 44.9 Å². The van der Waals surface area contributed by atoms with Crippen LogP contribution in [0, 0.1) is 5.92 Å². The lowest BCUT2D eigenvalue weighted by Crippen LogP contribution is -2.32. The van der Waals surface area contributed by atoms with Crippen molar-refractivity contribution < 1.29 is 9.90 Å². The third-order valence-corrected chi connectivity index (χ3v) is 5.79. The third kappa shape index (κ3) is 3.85. The molecule has 0 saturated heterocycles. The molecule has 4 heteroatoms. The van der Waals surface area contributed by atoms with E-state index in [1.807, 2.05) is 6.08 Å². The van der Waals surface area contributed by atoms with Gasteiger partial charge < -0.3 is 5.11 Å². The van der Waals surface area contributed by atoms with Crippen LogP contribution in [0.15, 0.2) is 23.8 Å². The van der Waals surface area contributed by atoms with Crippen molar-refractivity contribution in [2.24, 2.45) is 5.92 Å². The van der Waals surface area contributed by atoms with Gasteiger partial charge in [-0.05, 0) is 31.6 Å². The van der Waals surface area contributed by atoms with Gasteiger partial charge in [0.2, 0.25) is 0 Å². The Morgan fingerprint density at radius 3 is 2.68 bits per heavy atom. The van der Waals surface area contributed by atoms with Crippen LogP contribution in [-0.4, -0.2) is 20.8 Å². The summed E-state index contributed by atoms with van der Waals surface area (Å²) in [5.41, 5.74) is 1.04. The van der Waals surface area contributed by atoms with Crippen LogP contribution in [0.2, 0.25) is 0 Å². The van der Waals surface area contributed by atoms with Crippen molar-refractivity contribution in [3.8, 4) is 0 Å². The number of carbonyl (C=O) groups is 1. The third-order valence-electron chi connectivity index (χ3n) is 4.22. The molecule has 0 amide bonds. The van der Waals surface area contributed by atoms with Crippen molar-refractivity contribution in [2.45, 2.75) is 54.6 Å². The van der Waals surface area contributed by atoms with Gasteiger partial charge in [0, 0.05) is 0 Å². The Morgan fingerprint density at radius 2 is 2.16 bits per heavy atom. The monoisotopic (exact) mass is 346 g/mol. The maximum absolute atomic E-state index is 10.8. The van der Waals surface area contributed by atoms with Gasteiger partial charge in [0.05, 0.1) is 4.32 Å². The van der Waals surface area contributed by atoms with Gasteiger partial charge in [-0.15, -0.1) is 11.6 Å². The summed E-state index contributed by atoms with van der Waals surface area (Å²) in [7, 11) is 0. The van der Waals surface area contributed by atoms with Crippen LogP contribution >= 0.6 is 27.5 Å². The predicted octanol–water partition coefficient (Wildman–Crippen LogP) is 4.67. The first kappa shape index (κ1) is 15.1. The highest BCUT2D eigenvalue weighted by Gasteiger charge is 2.35. The van der Waals surface area contributed by atoms with Crippen LogP contribution in [0.3, 0.4) is 0 Å². The molecule has 2 aliphatic carbocycles. The average Bonchev–Trinajstić information content (AvgIpc) is 2.42. The second kappa shape index (κ2) is 6.45. The number of aliphatic carboxylic acids is 1. The van der Waals surface area contributed by atoms with Crippen molar-refractivity contribution in [2.75, 3.05) is 0 Å². The Morgan fingerprint density at radius 1 is 1.47 bits per heavy atom. The molecule has 2 unspecified atom stereocenters. The van der Waals surface area contributed by atoms with Crippen molar-refractivity contribution in [3.63, 3.8) is 0 Å². The normalized spacial score (nSPS) is 29.9. The van der Waals surface area contributed by atoms with Gasteiger partial charge in [-0.25, -0.2) is 0 Å². The summed E-state index contributed by atoms with van der Waals surface area (Å²) < 4.78 is 0.0714. The number of carboxylic acid groups (broad SMARTS) is 1. The topological polar surface area (TPSA) is 37.3 Å². The van der Waals surface area contributed by atoms with Gasteiger partial charge in [0.25, 0.3) is 0 Å². The van der Waals surface area contributed by atoms with Gasteiger partial charge in [-0.1, -0.05) is 59.0 Å². The van der Waals surface area contributed by atoms with Crippen LogP contribution < -0.4 is 0 Å². The number of hydrogen-bond acceptors (Lipinski definition) is 1. The molecule has 106 valence electrons. The highest BCUT2D eigenvalue weighted by Crippen LogP contribution is 2.44. The molecule has 0 radical (unpaired) electrons. The molecule has 1 saturated carbocycles. The Balaban J connectivity index is 1.95. The molecule has 19 heavy (non-hydrogen) atoms. The van der Waals surface area contributed by atoms with Crippen molar-refractivity contribution >= 4 is 33.5 Å². The van der Waals surface area contributed by atoms with E-state index >= 15 is 0 Å². The van der Waals surface area contributed by atoms with Crippen molar-refractivity contribution in [3.05, 3.63) is 23.8 Å². The maximum atomic E-state index is 10.8. The largest absolute Gasteiger partial charge is 0.480 e. The standard InChI is InChI=1S/C15H20BrClO2/c16-15(12-4-2-1-3-5-12)8-6-11(7-9-15)10-13(17)14(18)19/h6-8,12-13H,1-5,9-10H2,(H,18,19). The van der Waals surface area contributed by atoms with E-state index in [1.54, 1.807) is 0 Å². The lowest BCUT2D eigenvalue weighted by atomic mass is 9.76. The van der Waals surface area contributed by atoms with Crippen molar-refractivity contribution in [1.29, 1.82) is 0 Å². The molecule has 0 spiro atoms. The average molecular weight is 348 g/mol. The number of rotatable bonds is 4. The lowest BCUT2D eigenvalue weighted by molar-refractivity contribution is -0.136. The minimum atomic E-state index is -0.945. The zero-order chi connectivity index (χ0) is 13.9. The Bertz CT molecular complexity index is 399. The summed E-state index contributed by atoms with van der Waals surface area (Å²) in [6.07, 6.45) is 14.3. The SMILES string of the molecule is O=C(O)C(Cl)CC1=CCC(Br)(C2CCCCC2)C=C1. The van der Waals surface area contributed by atoms with Crippen LogP contribution in [0.25, 0.3) is 0 Å². The fourth-order valence-corrected chi connectivity index (χ4v) is 3.93. The van der Waals surface area contributed by atoms with E-state index in [4.69, 9.17) is 16.7 Å². The molecule has 0 heterocycles. The number of alkyl halides is 2. The highest BCUT2D eigenvalue weighted by atomic mass is 79.9. The first-order valence-corrected chi connectivity index (χ1v) is 8.18. The molecular formula is C15H20BrClO2. The molecule has 0 aromatic carbocycles. The van der Waals surface area contributed by atoms with E-state index in [0.717, 1.165) is 12.0 Å². The molecule has 2 rings (SSSR count). The zero-order valence-electron chi connectivity index (χ0n) is 10.9.